The highest BCUT2D eigenvalue weighted by molar-refractivity contribution is 7.92. The summed E-state index contributed by atoms with van der Waals surface area (Å²) in [6.07, 6.45) is 2.12. The summed E-state index contributed by atoms with van der Waals surface area (Å²) in [7, 11) is 0.605. The predicted octanol–water partition coefficient (Wildman–Crippen LogP) is 2.81. The summed E-state index contributed by atoms with van der Waals surface area (Å²) in [6, 6.07) is 11.0. The standard InChI is InChI=1S/C26H37N3O7S/c1-7-15-27-26(31)22(8-2)28(17-19-9-12-21(34-3)13-10-19)25(30)18-29(37(6,32)33)20-11-14-23(35-4)24(16-20)36-5/h9-14,16,22H,7-8,15,17-18H2,1-6H3,(H,27,31). The molecule has 0 bridgehead atoms. The SMILES string of the molecule is CCCNC(=O)C(CC)N(Cc1ccc(OC)cc1)C(=O)CN(c1ccc(OC)c(OC)c1)S(C)(=O)=O. The van der Waals surface area contributed by atoms with E-state index in [-0.39, 0.29) is 18.1 Å². The third-order valence-electron chi connectivity index (χ3n) is 5.78. The Labute approximate surface area is 219 Å². The van der Waals surface area contributed by atoms with E-state index in [0.717, 1.165) is 22.5 Å². The second kappa shape index (κ2) is 13.7. The predicted molar refractivity (Wildman–Crippen MR) is 143 cm³/mol. The van der Waals surface area contributed by atoms with Gasteiger partial charge in [-0.1, -0.05) is 26.0 Å². The van der Waals surface area contributed by atoms with E-state index in [4.69, 9.17) is 14.2 Å². The van der Waals surface area contributed by atoms with Gasteiger partial charge in [0.05, 0.1) is 33.3 Å². The summed E-state index contributed by atoms with van der Waals surface area (Å²) in [6.45, 7) is 3.84. The zero-order valence-electron chi connectivity index (χ0n) is 22.3. The van der Waals surface area contributed by atoms with Gasteiger partial charge in [-0.2, -0.15) is 0 Å². The summed E-state index contributed by atoms with van der Waals surface area (Å²) in [5, 5.41) is 2.85. The minimum Gasteiger partial charge on any atom is -0.497 e. The number of carbonyl (C=O) groups excluding carboxylic acids is 2. The first kappa shape index (κ1) is 29.8. The maximum absolute atomic E-state index is 13.7. The van der Waals surface area contributed by atoms with Crippen LogP contribution in [0.3, 0.4) is 0 Å². The Morgan fingerprint density at radius 1 is 0.946 bits per heavy atom. The molecule has 0 fully saturated rings. The summed E-state index contributed by atoms with van der Waals surface area (Å²) < 4.78 is 42.3. The first-order chi connectivity index (χ1) is 17.6. The van der Waals surface area contributed by atoms with Crippen molar-refractivity contribution >= 4 is 27.5 Å². The molecule has 1 unspecified atom stereocenters. The highest BCUT2D eigenvalue weighted by Gasteiger charge is 2.32. The second-order valence-corrected chi connectivity index (χ2v) is 10.3. The van der Waals surface area contributed by atoms with Crippen molar-refractivity contribution in [2.24, 2.45) is 0 Å². The van der Waals surface area contributed by atoms with Crippen LogP contribution in [0.2, 0.25) is 0 Å². The van der Waals surface area contributed by atoms with Gasteiger partial charge >= 0.3 is 0 Å². The number of sulfonamides is 1. The molecular formula is C26H37N3O7S. The first-order valence-electron chi connectivity index (χ1n) is 12.0. The lowest BCUT2D eigenvalue weighted by atomic mass is 10.1. The van der Waals surface area contributed by atoms with E-state index in [1.54, 1.807) is 37.4 Å². The molecule has 0 saturated heterocycles. The van der Waals surface area contributed by atoms with Crippen molar-refractivity contribution in [3.8, 4) is 17.2 Å². The molecule has 1 N–H and O–H groups in total. The number of amides is 2. The number of methoxy groups -OCH3 is 3. The molecule has 2 aromatic rings. The van der Waals surface area contributed by atoms with E-state index < -0.39 is 28.5 Å². The zero-order chi connectivity index (χ0) is 27.6. The maximum Gasteiger partial charge on any atom is 0.244 e. The lowest BCUT2D eigenvalue weighted by molar-refractivity contribution is -0.140. The number of rotatable bonds is 14. The molecular weight excluding hydrogens is 498 g/mol. The number of benzene rings is 2. The molecule has 11 heteroatoms. The number of anilines is 1. The van der Waals surface area contributed by atoms with Crippen LogP contribution in [0.5, 0.6) is 17.2 Å². The number of hydrogen-bond donors (Lipinski definition) is 1. The summed E-state index contributed by atoms with van der Waals surface area (Å²) >= 11 is 0. The fraction of sp³-hybridized carbons (Fsp3) is 0.462. The molecule has 0 aliphatic carbocycles. The van der Waals surface area contributed by atoms with Crippen LogP contribution in [0.1, 0.15) is 32.3 Å². The van der Waals surface area contributed by atoms with Crippen molar-refractivity contribution in [3.05, 3.63) is 48.0 Å². The topological polar surface area (TPSA) is 114 Å². The highest BCUT2D eigenvalue weighted by atomic mass is 32.2. The number of nitrogens with one attached hydrogen (secondary N) is 1. The van der Waals surface area contributed by atoms with Crippen LogP contribution in [0, 0.1) is 0 Å². The maximum atomic E-state index is 13.7. The fourth-order valence-electron chi connectivity index (χ4n) is 3.81. The van der Waals surface area contributed by atoms with Gasteiger partial charge in [-0.25, -0.2) is 8.42 Å². The van der Waals surface area contributed by atoms with E-state index in [1.165, 1.54) is 31.3 Å². The van der Waals surface area contributed by atoms with Crippen molar-refractivity contribution in [1.82, 2.24) is 10.2 Å². The number of ether oxygens (including phenoxy) is 3. The summed E-state index contributed by atoms with van der Waals surface area (Å²) in [5.74, 6) is 0.594. The third kappa shape index (κ3) is 8.01. The molecule has 204 valence electrons. The van der Waals surface area contributed by atoms with E-state index >= 15 is 0 Å². The van der Waals surface area contributed by atoms with Gasteiger partial charge in [-0.15, -0.1) is 0 Å². The summed E-state index contributed by atoms with van der Waals surface area (Å²) in [4.78, 5) is 28.1. The monoisotopic (exact) mass is 535 g/mol. The molecule has 37 heavy (non-hydrogen) atoms. The van der Waals surface area contributed by atoms with Crippen LogP contribution in [-0.2, 0) is 26.2 Å². The van der Waals surface area contributed by atoms with Gasteiger partial charge in [-0.3, -0.25) is 13.9 Å². The lowest BCUT2D eigenvalue weighted by Gasteiger charge is -2.33. The summed E-state index contributed by atoms with van der Waals surface area (Å²) in [5.41, 5.74) is 1.01. The third-order valence-corrected chi connectivity index (χ3v) is 6.92. The Kier molecular flexibility index (Phi) is 11.0. The second-order valence-electron chi connectivity index (χ2n) is 8.39. The molecule has 2 amide bonds. The van der Waals surface area contributed by atoms with Gasteiger partial charge in [0.15, 0.2) is 11.5 Å². The molecule has 0 aliphatic rings. The largest absolute Gasteiger partial charge is 0.497 e. The number of nitrogens with zero attached hydrogens (tertiary/aromatic N) is 2. The minimum absolute atomic E-state index is 0.115. The van der Waals surface area contributed by atoms with Gasteiger partial charge in [-0.05, 0) is 42.7 Å². The van der Waals surface area contributed by atoms with Crippen LogP contribution in [-0.4, -0.2) is 71.8 Å². The normalized spacial score (nSPS) is 11.8. The zero-order valence-corrected chi connectivity index (χ0v) is 23.1. The van der Waals surface area contributed by atoms with Gasteiger partial charge in [0.1, 0.15) is 18.3 Å². The van der Waals surface area contributed by atoms with Crippen molar-refractivity contribution in [3.63, 3.8) is 0 Å². The smallest absolute Gasteiger partial charge is 0.244 e. The quantitative estimate of drug-likeness (QED) is 0.396. The minimum atomic E-state index is -3.87. The Balaban J connectivity index is 2.46. The van der Waals surface area contributed by atoms with E-state index in [2.05, 4.69) is 5.32 Å². The molecule has 0 aromatic heterocycles. The van der Waals surface area contributed by atoms with Crippen molar-refractivity contribution in [2.45, 2.75) is 39.3 Å². The molecule has 1 atom stereocenters. The fourth-order valence-corrected chi connectivity index (χ4v) is 4.65. The van der Waals surface area contributed by atoms with Crippen LogP contribution < -0.4 is 23.8 Å². The van der Waals surface area contributed by atoms with Crippen LogP contribution in [0.15, 0.2) is 42.5 Å². The lowest BCUT2D eigenvalue weighted by Crippen LogP contribution is -2.52. The van der Waals surface area contributed by atoms with Crippen molar-refractivity contribution in [2.75, 3.05) is 45.0 Å². The van der Waals surface area contributed by atoms with E-state index in [0.29, 0.717) is 30.2 Å². The Bertz CT molecular complexity index is 1150. The van der Waals surface area contributed by atoms with Crippen LogP contribution >= 0.6 is 0 Å². The molecule has 2 aromatic carbocycles. The Morgan fingerprint density at radius 3 is 2.11 bits per heavy atom. The first-order valence-corrected chi connectivity index (χ1v) is 13.8. The highest BCUT2D eigenvalue weighted by Crippen LogP contribution is 2.32. The molecule has 10 nitrogen and oxygen atoms in total. The van der Waals surface area contributed by atoms with E-state index in [1.807, 2.05) is 13.8 Å². The van der Waals surface area contributed by atoms with E-state index in [9.17, 15) is 18.0 Å². The molecule has 0 heterocycles. The Hall–Kier alpha value is -3.47. The Morgan fingerprint density at radius 2 is 1.59 bits per heavy atom. The molecule has 2 rings (SSSR count). The number of hydrogen-bond acceptors (Lipinski definition) is 7. The van der Waals surface area contributed by atoms with Gasteiger partial charge in [0, 0.05) is 19.2 Å². The number of carbonyl (C=O) groups is 2. The van der Waals surface area contributed by atoms with Gasteiger partial charge < -0.3 is 24.4 Å². The molecule has 0 saturated carbocycles. The van der Waals surface area contributed by atoms with Crippen LogP contribution in [0.4, 0.5) is 5.69 Å². The van der Waals surface area contributed by atoms with Crippen molar-refractivity contribution < 1.29 is 32.2 Å². The molecule has 0 spiro atoms. The van der Waals surface area contributed by atoms with Crippen molar-refractivity contribution in [1.29, 1.82) is 0 Å². The van der Waals surface area contributed by atoms with Gasteiger partial charge in [0.25, 0.3) is 0 Å². The average Bonchev–Trinajstić information content (AvgIpc) is 2.89. The molecule has 0 radical (unpaired) electrons. The van der Waals surface area contributed by atoms with Gasteiger partial charge in [0.2, 0.25) is 21.8 Å². The molecule has 0 aliphatic heterocycles. The van der Waals surface area contributed by atoms with Crippen LogP contribution in [0.25, 0.3) is 0 Å². The average molecular weight is 536 g/mol.